The molecule has 2 rings (SSSR count). The van der Waals surface area contributed by atoms with E-state index < -0.39 is 126 Å². The third kappa shape index (κ3) is 22.9. The van der Waals surface area contributed by atoms with Crippen molar-refractivity contribution in [2.75, 3.05) is 18.6 Å². The zero-order chi connectivity index (χ0) is 55.7. The van der Waals surface area contributed by atoms with Crippen molar-refractivity contribution in [2.45, 2.75) is 134 Å². The Morgan fingerprint density at radius 3 is 1.74 bits per heavy atom. The highest BCUT2D eigenvalue weighted by Gasteiger charge is 2.36. The second kappa shape index (κ2) is 31.9. The average molecular weight is 1060 g/mol. The van der Waals surface area contributed by atoms with Crippen LogP contribution in [-0.4, -0.2) is 157 Å². The number of carboxylic acid groups (broad SMARTS) is 2. The fraction of sp³-hybridized carbons (Fsp3) is 0.565. The van der Waals surface area contributed by atoms with Gasteiger partial charge >= 0.3 is 11.9 Å². The molecule has 0 aliphatic carbocycles. The third-order valence-electron chi connectivity index (χ3n) is 11.3. The van der Waals surface area contributed by atoms with E-state index in [1.54, 1.807) is 34.0 Å². The number of nitrogens with two attached hydrogens (primary N) is 4. The zero-order valence-corrected chi connectivity index (χ0v) is 42.9. The number of phenols is 1. The SMILES string of the molecule is CC[C@H](C)[C@H](NC(=O)[C@H](CC(N)=O)NC(=O)[C@@H](N)CCCN=C(N)N)C(=O)N[C@@H](CCSC)C(=O)N[C@@H](Cc1ccc(O)cc1)C(=O)N[C@@H](CC(=O)O)C(=O)N[C@@H](Cc1cnc[nH]1)C(=O)N[C@@H](CC(C)C)C(=O)O. The number of H-pyrrole nitrogens is 1. The molecule has 1 aromatic heterocycles. The van der Waals surface area contributed by atoms with Crippen molar-refractivity contribution in [3.05, 3.63) is 48.0 Å². The van der Waals surface area contributed by atoms with Gasteiger partial charge in [0, 0.05) is 31.3 Å². The van der Waals surface area contributed by atoms with E-state index in [1.807, 2.05) is 0 Å². The number of hydrogen-bond donors (Lipinski definition) is 15. The molecule has 0 fully saturated rings. The number of primary amides is 1. The number of nitrogens with one attached hydrogen (secondary N) is 8. The molecular formula is C46H72N14O13S. The highest BCUT2D eigenvalue weighted by molar-refractivity contribution is 7.98. The number of aromatic hydroxyl groups is 1. The van der Waals surface area contributed by atoms with Gasteiger partial charge in [0.05, 0.1) is 25.2 Å². The lowest BCUT2D eigenvalue weighted by Gasteiger charge is -2.29. The van der Waals surface area contributed by atoms with Crippen molar-refractivity contribution in [1.29, 1.82) is 0 Å². The molecule has 0 spiro atoms. The lowest BCUT2D eigenvalue weighted by atomic mass is 9.97. The number of benzene rings is 1. The number of rotatable bonds is 34. The van der Waals surface area contributed by atoms with Crippen LogP contribution in [0.15, 0.2) is 41.8 Å². The Morgan fingerprint density at radius 2 is 1.22 bits per heavy atom. The molecule has 1 aromatic carbocycles. The van der Waals surface area contributed by atoms with E-state index in [-0.39, 0.29) is 62.0 Å². The molecule has 2 aromatic rings. The number of hydrogen-bond acceptors (Lipinski definition) is 15. The molecule has 19 N–H and O–H groups in total. The van der Waals surface area contributed by atoms with Crippen molar-refractivity contribution < 1.29 is 63.3 Å². The summed E-state index contributed by atoms with van der Waals surface area (Å²) in [4.78, 5) is 144. The van der Waals surface area contributed by atoms with Crippen LogP contribution >= 0.6 is 11.8 Å². The number of aliphatic carboxylic acids is 2. The minimum Gasteiger partial charge on any atom is -0.508 e. The van der Waals surface area contributed by atoms with Gasteiger partial charge in [0.1, 0.15) is 48.0 Å². The average Bonchev–Trinajstić information content (AvgIpc) is 3.85. The van der Waals surface area contributed by atoms with Gasteiger partial charge in [-0.2, -0.15) is 11.8 Å². The van der Waals surface area contributed by atoms with E-state index in [0.717, 1.165) is 0 Å². The lowest BCUT2D eigenvalue weighted by molar-refractivity contribution is -0.143. The maximum absolute atomic E-state index is 14.3. The molecule has 0 unspecified atom stereocenters. The Balaban J connectivity index is 2.47. The van der Waals surface area contributed by atoms with E-state index in [0.29, 0.717) is 24.1 Å². The van der Waals surface area contributed by atoms with E-state index in [4.69, 9.17) is 22.9 Å². The zero-order valence-electron chi connectivity index (χ0n) is 42.1. The fourth-order valence-electron chi connectivity index (χ4n) is 7.13. The quantitative estimate of drug-likeness (QED) is 0.0188. The third-order valence-corrected chi connectivity index (χ3v) is 12.0. The standard InChI is InChI=1S/C46H72N14O13S/c1-6-24(4)37(60-43(70)32(19-35(48)62)55-38(65)28(47)8-7-14-52-46(49)50)44(71)54-29(13-15-74-5)39(66)56-30(17-25-9-11-27(61)12-10-25)40(67)58-33(20-36(63)64)42(69)57-31(18-26-21-51-22-53-26)41(68)59-34(45(72)73)16-23(2)3/h9-12,21-24,28-34,37,61H,6-8,13-20,47H2,1-5H3,(H2,48,62)(H,51,53)(H,54,71)(H,55,65)(H,56,66)(H,57,69)(H,58,67)(H,59,68)(H,60,70)(H,63,64)(H,72,73)(H4,49,50,52)/t24-,28-,29-,30-,31-,32-,33-,34-,37-/m0/s1. The highest BCUT2D eigenvalue weighted by atomic mass is 32.2. The Bertz CT molecular complexity index is 2250. The summed E-state index contributed by atoms with van der Waals surface area (Å²) in [7, 11) is 0. The molecule has 27 nitrogen and oxygen atoms in total. The van der Waals surface area contributed by atoms with E-state index in [9.17, 15) is 63.3 Å². The van der Waals surface area contributed by atoms with Gasteiger partial charge in [0.2, 0.25) is 47.3 Å². The highest BCUT2D eigenvalue weighted by Crippen LogP contribution is 2.15. The van der Waals surface area contributed by atoms with Crippen molar-refractivity contribution in [3.8, 4) is 5.75 Å². The molecule has 9 atom stereocenters. The van der Waals surface area contributed by atoms with Crippen molar-refractivity contribution in [1.82, 2.24) is 47.2 Å². The summed E-state index contributed by atoms with van der Waals surface area (Å²) in [5.41, 5.74) is 22.8. The number of aromatic nitrogens is 2. The number of nitrogens with zero attached hydrogens (tertiary/aromatic N) is 2. The maximum atomic E-state index is 14.3. The Hall–Kier alpha value is -7.49. The largest absolute Gasteiger partial charge is 0.508 e. The number of carbonyl (C=O) groups excluding carboxylic acids is 8. The number of aromatic amines is 1. The van der Waals surface area contributed by atoms with Crippen LogP contribution in [0.25, 0.3) is 0 Å². The summed E-state index contributed by atoms with van der Waals surface area (Å²) in [6.07, 6.45) is 2.85. The van der Waals surface area contributed by atoms with Crippen LogP contribution in [-0.2, 0) is 60.8 Å². The van der Waals surface area contributed by atoms with Gasteiger partial charge in [-0.05, 0) is 67.2 Å². The van der Waals surface area contributed by atoms with E-state index >= 15 is 0 Å². The number of guanidine groups is 1. The molecule has 8 amide bonds. The molecule has 0 radical (unpaired) electrons. The normalized spacial score (nSPS) is 14.7. The predicted octanol–water partition coefficient (Wildman–Crippen LogP) is -3.05. The molecule has 0 saturated heterocycles. The number of phenolic OH excluding ortho intramolecular Hbond substituents is 1. The maximum Gasteiger partial charge on any atom is 0.326 e. The monoisotopic (exact) mass is 1060 g/mol. The summed E-state index contributed by atoms with van der Waals surface area (Å²) >= 11 is 1.31. The number of carboxylic acids is 2. The predicted molar refractivity (Wildman–Crippen MR) is 271 cm³/mol. The Morgan fingerprint density at radius 1 is 0.689 bits per heavy atom. The first-order valence-electron chi connectivity index (χ1n) is 23.8. The van der Waals surface area contributed by atoms with E-state index in [1.165, 1.54) is 48.6 Å². The topological polar surface area (TPSA) is 461 Å². The number of thioether (sulfide) groups is 1. The first-order chi connectivity index (χ1) is 34.8. The second-order valence-corrected chi connectivity index (χ2v) is 18.9. The van der Waals surface area contributed by atoms with Crippen molar-refractivity contribution in [2.24, 2.45) is 39.8 Å². The van der Waals surface area contributed by atoms with Crippen LogP contribution in [0, 0.1) is 11.8 Å². The Labute approximate surface area is 432 Å². The minimum atomic E-state index is -1.89. The van der Waals surface area contributed by atoms with E-state index in [2.05, 4.69) is 52.2 Å². The summed E-state index contributed by atoms with van der Waals surface area (Å²) in [6, 6.07) is -6.31. The molecule has 0 bridgehead atoms. The number of aliphatic imine (C=N–C) groups is 1. The lowest BCUT2D eigenvalue weighted by Crippen LogP contribution is -2.61. The Kier molecular flexibility index (Phi) is 27.0. The van der Waals surface area contributed by atoms with Crippen LogP contribution in [0.2, 0.25) is 0 Å². The van der Waals surface area contributed by atoms with Gasteiger partial charge in [-0.15, -0.1) is 0 Å². The summed E-state index contributed by atoms with van der Waals surface area (Å²) in [6.45, 7) is 7.01. The number of carbonyl (C=O) groups is 10. The number of imidazole rings is 1. The molecule has 0 aliphatic heterocycles. The molecular weight excluding hydrogens is 989 g/mol. The van der Waals surface area contributed by atoms with Crippen LogP contribution in [0.1, 0.15) is 83.9 Å². The van der Waals surface area contributed by atoms with Gasteiger partial charge in [0.15, 0.2) is 5.96 Å². The summed E-state index contributed by atoms with van der Waals surface area (Å²) in [5.74, 6) is -11.3. The summed E-state index contributed by atoms with van der Waals surface area (Å²) in [5, 5.41) is 47.0. The number of amides is 8. The molecule has 74 heavy (non-hydrogen) atoms. The molecule has 0 aliphatic rings. The van der Waals surface area contributed by atoms with Gasteiger partial charge in [0.25, 0.3) is 0 Å². The first-order valence-corrected chi connectivity index (χ1v) is 25.1. The molecule has 410 valence electrons. The van der Waals surface area contributed by atoms with Crippen LogP contribution in [0.5, 0.6) is 5.75 Å². The minimum absolute atomic E-state index is 0.0291. The fourth-order valence-corrected chi connectivity index (χ4v) is 7.60. The van der Waals surface area contributed by atoms with Gasteiger partial charge < -0.3 is 80.5 Å². The molecule has 0 saturated carbocycles. The smallest absolute Gasteiger partial charge is 0.326 e. The summed E-state index contributed by atoms with van der Waals surface area (Å²) < 4.78 is 0. The van der Waals surface area contributed by atoms with Gasteiger partial charge in [-0.3, -0.25) is 48.1 Å². The molecule has 28 heteroatoms. The van der Waals surface area contributed by atoms with Crippen molar-refractivity contribution in [3.63, 3.8) is 0 Å². The van der Waals surface area contributed by atoms with Gasteiger partial charge in [-0.1, -0.05) is 46.2 Å². The van der Waals surface area contributed by atoms with Crippen molar-refractivity contribution >= 4 is 76.9 Å². The van der Waals surface area contributed by atoms with Gasteiger partial charge in [-0.25, -0.2) is 9.78 Å². The first kappa shape index (κ1) is 62.6. The van der Waals surface area contributed by atoms with Crippen LogP contribution in [0.4, 0.5) is 0 Å². The van der Waals surface area contributed by atoms with Crippen LogP contribution < -0.4 is 60.2 Å². The molecule has 1 heterocycles. The van der Waals surface area contributed by atoms with Crippen LogP contribution in [0.3, 0.4) is 0 Å². The second-order valence-electron chi connectivity index (χ2n) is 18.0.